The first kappa shape index (κ1) is 15.7. The molecule has 0 spiro atoms. The van der Waals surface area contributed by atoms with Crippen molar-refractivity contribution in [2.45, 2.75) is 32.4 Å². The lowest BCUT2D eigenvalue weighted by molar-refractivity contribution is -0.306. The minimum Gasteiger partial charge on any atom is -0.550 e. The fourth-order valence-corrected chi connectivity index (χ4v) is 2.08. The predicted octanol–water partition coefficient (Wildman–Crippen LogP) is 0.198. The van der Waals surface area contributed by atoms with Crippen LogP contribution >= 0.6 is 0 Å². The summed E-state index contributed by atoms with van der Waals surface area (Å²) in [5, 5.41) is 21.8. The molecule has 2 aromatic rings. The summed E-state index contributed by atoms with van der Waals surface area (Å²) in [4.78, 5) is 11.0. The van der Waals surface area contributed by atoms with E-state index in [1.807, 2.05) is 13.8 Å². The molecule has 0 radical (unpaired) electrons. The van der Waals surface area contributed by atoms with Gasteiger partial charge in [-0.3, -0.25) is 0 Å². The lowest BCUT2D eigenvalue weighted by Crippen LogP contribution is -2.27. The molecular formula is C14H17N4O4-. The number of ether oxygens (including phenoxy) is 2. The number of hydrogen-bond donors (Lipinski definition) is 0. The van der Waals surface area contributed by atoms with Gasteiger partial charge in [0.25, 0.3) is 0 Å². The van der Waals surface area contributed by atoms with Crippen LogP contribution in [0, 0.1) is 0 Å². The zero-order chi connectivity index (χ0) is 16.1. The zero-order valence-electron chi connectivity index (χ0n) is 12.6. The molecule has 8 nitrogen and oxygen atoms in total. The standard InChI is InChI=1S/C14H18N4O4/c1-9(2)22-12-5-4-10(6-13(12)21-3)11(7-14(19)20)18-8-15-16-17-18/h4-6,8-9,11H,7H2,1-3H3,(H,19,20)/p-1/t11-/m0/s1. The molecule has 118 valence electrons. The Bertz CT molecular complexity index is 628. The van der Waals surface area contributed by atoms with Crippen LogP contribution in [0.4, 0.5) is 0 Å². The number of benzene rings is 1. The summed E-state index contributed by atoms with van der Waals surface area (Å²) in [6.45, 7) is 3.82. The fraction of sp³-hybridized carbons (Fsp3) is 0.429. The second-order valence-corrected chi connectivity index (χ2v) is 4.96. The number of carbonyl (C=O) groups excluding carboxylic acids is 1. The Morgan fingerprint density at radius 2 is 2.14 bits per heavy atom. The van der Waals surface area contributed by atoms with Crippen LogP contribution in [0.2, 0.25) is 0 Å². The van der Waals surface area contributed by atoms with Crippen LogP contribution in [0.3, 0.4) is 0 Å². The van der Waals surface area contributed by atoms with Crippen LogP contribution in [0.15, 0.2) is 24.5 Å². The van der Waals surface area contributed by atoms with E-state index in [0.717, 1.165) is 0 Å². The van der Waals surface area contributed by atoms with E-state index in [4.69, 9.17) is 9.47 Å². The van der Waals surface area contributed by atoms with Crippen molar-refractivity contribution in [3.05, 3.63) is 30.1 Å². The highest BCUT2D eigenvalue weighted by molar-refractivity contribution is 5.65. The van der Waals surface area contributed by atoms with Crippen molar-refractivity contribution in [2.75, 3.05) is 7.11 Å². The molecule has 0 aliphatic heterocycles. The molecule has 0 amide bonds. The van der Waals surface area contributed by atoms with Gasteiger partial charge in [0.2, 0.25) is 0 Å². The molecule has 0 aliphatic rings. The molecule has 0 bridgehead atoms. The Morgan fingerprint density at radius 3 is 2.68 bits per heavy atom. The van der Waals surface area contributed by atoms with Crippen LogP contribution in [-0.2, 0) is 4.79 Å². The molecule has 0 N–H and O–H groups in total. The Kier molecular flexibility index (Phi) is 4.92. The van der Waals surface area contributed by atoms with E-state index in [1.165, 1.54) is 18.1 Å². The van der Waals surface area contributed by atoms with E-state index in [1.54, 1.807) is 18.2 Å². The molecule has 0 saturated carbocycles. The molecule has 22 heavy (non-hydrogen) atoms. The van der Waals surface area contributed by atoms with Gasteiger partial charge in [0.05, 0.1) is 19.3 Å². The van der Waals surface area contributed by atoms with Gasteiger partial charge in [0.1, 0.15) is 6.33 Å². The van der Waals surface area contributed by atoms with Crippen molar-refractivity contribution in [1.82, 2.24) is 20.2 Å². The minimum absolute atomic E-state index is 0.00159. The Labute approximate surface area is 127 Å². The third kappa shape index (κ3) is 3.72. The van der Waals surface area contributed by atoms with Gasteiger partial charge in [-0.05, 0) is 42.0 Å². The third-order valence-electron chi connectivity index (χ3n) is 2.98. The highest BCUT2D eigenvalue weighted by atomic mass is 16.5. The first-order chi connectivity index (χ1) is 10.5. The third-order valence-corrected chi connectivity index (χ3v) is 2.98. The van der Waals surface area contributed by atoms with E-state index in [2.05, 4.69) is 15.5 Å². The van der Waals surface area contributed by atoms with Crippen molar-refractivity contribution in [1.29, 1.82) is 0 Å². The molecular weight excluding hydrogens is 288 g/mol. The molecule has 1 aromatic carbocycles. The summed E-state index contributed by atoms with van der Waals surface area (Å²) in [6.07, 6.45) is 1.11. The van der Waals surface area contributed by atoms with Crippen LogP contribution < -0.4 is 14.6 Å². The monoisotopic (exact) mass is 305 g/mol. The smallest absolute Gasteiger partial charge is 0.161 e. The lowest BCUT2D eigenvalue weighted by atomic mass is 10.0. The van der Waals surface area contributed by atoms with Gasteiger partial charge in [-0.25, -0.2) is 4.68 Å². The molecule has 0 aliphatic carbocycles. The van der Waals surface area contributed by atoms with E-state index in [9.17, 15) is 9.90 Å². The first-order valence-electron chi connectivity index (χ1n) is 6.78. The molecule has 2 rings (SSSR count). The van der Waals surface area contributed by atoms with E-state index in [0.29, 0.717) is 17.1 Å². The molecule has 1 aromatic heterocycles. The summed E-state index contributed by atoms with van der Waals surface area (Å²) in [5.41, 5.74) is 0.685. The Balaban J connectivity index is 2.37. The maximum Gasteiger partial charge on any atom is 0.161 e. The summed E-state index contributed by atoms with van der Waals surface area (Å²) in [5.74, 6) is -0.0882. The maximum atomic E-state index is 11.0. The average molecular weight is 305 g/mol. The van der Waals surface area contributed by atoms with E-state index in [-0.39, 0.29) is 12.5 Å². The van der Waals surface area contributed by atoms with Crippen molar-refractivity contribution in [3.63, 3.8) is 0 Å². The number of carboxylic acid groups (broad SMARTS) is 1. The van der Waals surface area contributed by atoms with Gasteiger partial charge in [-0.2, -0.15) is 0 Å². The number of aromatic nitrogens is 4. The summed E-state index contributed by atoms with van der Waals surface area (Å²) < 4.78 is 12.3. The maximum absolute atomic E-state index is 11.0. The number of hydrogen-bond acceptors (Lipinski definition) is 7. The first-order valence-corrected chi connectivity index (χ1v) is 6.78. The van der Waals surface area contributed by atoms with Crippen molar-refractivity contribution in [2.24, 2.45) is 0 Å². The molecule has 1 atom stereocenters. The zero-order valence-corrected chi connectivity index (χ0v) is 12.6. The number of carboxylic acids is 1. The molecule has 0 saturated heterocycles. The topological polar surface area (TPSA) is 102 Å². The summed E-state index contributed by atoms with van der Waals surface area (Å²) in [6, 6.07) is 4.63. The lowest BCUT2D eigenvalue weighted by Gasteiger charge is -2.20. The highest BCUT2D eigenvalue weighted by Crippen LogP contribution is 2.32. The van der Waals surface area contributed by atoms with Crippen LogP contribution in [-0.4, -0.2) is 39.4 Å². The Morgan fingerprint density at radius 1 is 1.36 bits per heavy atom. The number of nitrogens with zero attached hydrogens (tertiary/aromatic N) is 4. The summed E-state index contributed by atoms with van der Waals surface area (Å²) >= 11 is 0. The molecule has 0 fully saturated rings. The van der Waals surface area contributed by atoms with Crippen LogP contribution in [0.5, 0.6) is 11.5 Å². The SMILES string of the molecule is COc1cc([C@H](CC(=O)[O-])n2cnnn2)ccc1OC(C)C. The number of tetrazole rings is 1. The van der Waals surface area contributed by atoms with Crippen LogP contribution in [0.1, 0.15) is 31.9 Å². The molecule has 0 unspecified atom stereocenters. The van der Waals surface area contributed by atoms with E-state index < -0.39 is 12.0 Å². The van der Waals surface area contributed by atoms with E-state index >= 15 is 0 Å². The van der Waals surface area contributed by atoms with Crippen molar-refractivity contribution >= 4 is 5.97 Å². The van der Waals surface area contributed by atoms with Crippen molar-refractivity contribution in [3.8, 4) is 11.5 Å². The predicted molar refractivity (Wildman–Crippen MR) is 74.3 cm³/mol. The average Bonchev–Trinajstić information content (AvgIpc) is 2.98. The number of methoxy groups -OCH3 is 1. The van der Waals surface area contributed by atoms with Crippen LogP contribution in [0.25, 0.3) is 0 Å². The minimum atomic E-state index is -1.19. The highest BCUT2D eigenvalue weighted by Gasteiger charge is 2.18. The fourth-order valence-electron chi connectivity index (χ4n) is 2.08. The Hall–Kier alpha value is -2.64. The number of carbonyl (C=O) groups is 1. The molecule has 1 heterocycles. The van der Waals surface area contributed by atoms with Gasteiger partial charge in [0, 0.05) is 12.4 Å². The quantitative estimate of drug-likeness (QED) is 0.719. The second-order valence-electron chi connectivity index (χ2n) is 4.96. The summed E-state index contributed by atoms with van der Waals surface area (Å²) in [7, 11) is 1.52. The van der Waals surface area contributed by atoms with Gasteiger partial charge >= 0.3 is 0 Å². The largest absolute Gasteiger partial charge is 0.550 e. The normalized spacial score (nSPS) is 12.2. The van der Waals surface area contributed by atoms with Gasteiger partial charge in [0.15, 0.2) is 11.5 Å². The van der Waals surface area contributed by atoms with Crippen molar-refractivity contribution < 1.29 is 19.4 Å². The second kappa shape index (κ2) is 6.88. The van der Waals surface area contributed by atoms with Gasteiger partial charge < -0.3 is 19.4 Å². The van der Waals surface area contributed by atoms with Gasteiger partial charge in [-0.1, -0.05) is 6.07 Å². The number of aliphatic carboxylic acids is 1. The van der Waals surface area contributed by atoms with Gasteiger partial charge in [-0.15, -0.1) is 5.10 Å². The number of rotatable bonds is 7. The molecule has 8 heteroatoms.